The number of aromatic nitrogens is 2. The van der Waals surface area contributed by atoms with Gasteiger partial charge in [-0.1, -0.05) is 13.8 Å². The van der Waals surface area contributed by atoms with Crippen LogP contribution >= 0.6 is 0 Å². The van der Waals surface area contributed by atoms with E-state index in [0.717, 1.165) is 37.1 Å². The standard InChI is InChI=1S/C15H26N4/c1-5-13-14(16-6-2)17-10-18-15(13)19-8-7-11(3)9-12(19)4/h10-12H,5-9H2,1-4H3,(H,16,17,18). The van der Waals surface area contributed by atoms with E-state index in [1.807, 2.05) is 0 Å². The average molecular weight is 262 g/mol. The van der Waals surface area contributed by atoms with Gasteiger partial charge >= 0.3 is 0 Å². The van der Waals surface area contributed by atoms with E-state index in [-0.39, 0.29) is 0 Å². The molecule has 1 N–H and O–H groups in total. The second-order valence-electron chi connectivity index (χ2n) is 5.58. The van der Waals surface area contributed by atoms with Gasteiger partial charge in [0.1, 0.15) is 18.0 Å². The summed E-state index contributed by atoms with van der Waals surface area (Å²) >= 11 is 0. The molecule has 4 heteroatoms. The summed E-state index contributed by atoms with van der Waals surface area (Å²) in [7, 11) is 0. The van der Waals surface area contributed by atoms with Crippen LogP contribution in [0.5, 0.6) is 0 Å². The molecule has 2 unspecified atom stereocenters. The van der Waals surface area contributed by atoms with Crippen molar-refractivity contribution in [2.24, 2.45) is 5.92 Å². The molecular formula is C15H26N4. The molecule has 1 aliphatic heterocycles. The molecule has 2 atom stereocenters. The van der Waals surface area contributed by atoms with Gasteiger partial charge in [-0.25, -0.2) is 9.97 Å². The molecule has 0 saturated carbocycles. The highest BCUT2D eigenvalue weighted by Crippen LogP contribution is 2.31. The largest absolute Gasteiger partial charge is 0.370 e. The van der Waals surface area contributed by atoms with E-state index in [9.17, 15) is 0 Å². The molecule has 106 valence electrons. The second kappa shape index (κ2) is 6.22. The summed E-state index contributed by atoms with van der Waals surface area (Å²) in [5, 5.41) is 3.35. The molecule has 2 heterocycles. The van der Waals surface area contributed by atoms with E-state index in [2.05, 4.69) is 47.9 Å². The third-order valence-corrected chi connectivity index (χ3v) is 4.03. The van der Waals surface area contributed by atoms with Gasteiger partial charge in [0.2, 0.25) is 0 Å². The smallest absolute Gasteiger partial charge is 0.137 e. The van der Waals surface area contributed by atoms with Gasteiger partial charge in [0, 0.05) is 24.7 Å². The molecule has 19 heavy (non-hydrogen) atoms. The van der Waals surface area contributed by atoms with E-state index in [1.54, 1.807) is 6.33 Å². The molecule has 0 aromatic carbocycles. The minimum absolute atomic E-state index is 0.568. The third-order valence-electron chi connectivity index (χ3n) is 4.03. The van der Waals surface area contributed by atoms with Crippen LogP contribution in [0.1, 0.15) is 46.1 Å². The maximum absolute atomic E-state index is 4.57. The zero-order valence-corrected chi connectivity index (χ0v) is 12.6. The van der Waals surface area contributed by atoms with Crippen LogP contribution in [0.4, 0.5) is 11.6 Å². The normalized spacial score (nSPS) is 23.5. The first-order valence-corrected chi connectivity index (χ1v) is 7.51. The lowest BCUT2D eigenvalue weighted by atomic mass is 9.93. The Kier molecular flexibility index (Phi) is 4.61. The number of hydrogen-bond donors (Lipinski definition) is 1. The molecular weight excluding hydrogens is 236 g/mol. The van der Waals surface area contributed by atoms with Crippen molar-refractivity contribution in [1.29, 1.82) is 0 Å². The molecule has 0 radical (unpaired) electrons. The van der Waals surface area contributed by atoms with Crippen molar-refractivity contribution >= 4 is 11.6 Å². The summed E-state index contributed by atoms with van der Waals surface area (Å²) in [6, 6.07) is 0.568. The van der Waals surface area contributed by atoms with Crippen LogP contribution < -0.4 is 10.2 Å². The Morgan fingerprint density at radius 1 is 1.32 bits per heavy atom. The van der Waals surface area contributed by atoms with Gasteiger partial charge < -0.3 is 10.2 Å². The van der Waals surface area contributed by atoms with Gasteiger partial charge in [0.05, 0.1) is 0 Å². The first kappa shape index (κ1) is 14.1. The molecule has 1 aliphatic rings. The molecule has 1 aromatic heterocycles. The van der Waals surface area contributed by atoms with Gasteiger partial charge in [-0.3, -0.25) is 0 Å². The summed E-state index contributed by atoms with van der Waals surface area (Å²) in [5.41, 5.74) is 1.26. The Labute approximate surface area is 116 Å². The summed E-state index contributed by atoms with van der Waals surface area (Å²) in [4.78, 5) is 11.4. The fourth-order valence-corrected chi connectivity index (χ4v) is 3.02. The molecule has 0 amide bonds. The van der Waals surface area contributed by atoms with Gasteiger partial charge in [0.25, 0.3) is 0 Å². The minimum Gasteiger partial charge on any atom is -0.370 e. The maximum Gasteiger partial charge on any atom is 0.137 e. The van der Waals surface area contributed by atoms with Crippen molar-refractivity contribution in [2.75, 3.05) is 23.3 Å². The van der Waals surface area contributed by atoms with Gasteiger partial charge in [-0.05, 0) is 39.0 Å². The Morgan fingerprint density at radius 2 is 2.11 bits per heavy atom. The Hall–Kier alpha value is -1.32. The summed E-state index contributed by atoms with van der Waals surface area (Å²) < 4.78 is 0. The molecule has 1 fully saturated rings. The van der Waals surface area contributed by atoms with E-state index in [1.165, 1.54) is 18.4 Å². The van der Waals surface area contributed by atoms with Crippen molar-refractivity contribution in [3.8, 4) is 0 Å². The van der Waals surface area contributed by atoms with E-state index >= 15 is 0 Å². The molecule has 0 aliphatic carbocycles. The third kappa shape index (κ3) is 2.99. The molecule has 1 aromatic rings. The van der Waals surface area contributed by atoms with Crippen molar-refractivity contribution < 1.29 is 0 Å². The van der Waals surface area contributed by atoms with Gasteiger partial charge in [0.15, 0.2) is 0 Å². The van der Waals surface area contributed by atoms with E-state index in [0.29, 0.717) is 6.04 Å². The number of piperidine rings is 1. The van der Waals surface area contributed by atoms with Crippen molar-refractivity contribution in [3.05, 3.63) is 11.9 Å². The quantitative estimate of drug-likeness (QED) is 0.905. The number of rotatable bonds is 4. The number of hydrogen-bond acceptors (Lipinski definition) is 4. The lowest BCUT2D eigenvalue weighted by Gasteiger charge is -2.38. The second-order valence-corrected chi connectivity index (χ2v) is 5.58. The van der Waals surface area contributed by atoms with Crippen LogP contribution in [0, 0.1) is 5.92 Å². The summed E-state index contributed by atoms with van der Waals surface area (Å²) in [6.07, 6.45) is 5.17. The van der Waals surface area contributed by atoms with Crippen LogP contribution in [0.2, 0.25) is 0 Å². The predicted molar refractivity (Wildman–Crippen MR) is 80.8 cm³/mol. The molecule has 2 rings (SSSR count). The Balaban J connectivity index is 2.30. The fraction of sp³-hybridized carbons (Fsp3) is 0.733. The number of anilines is 2. The molecule has 0 spiro atoms. The summed E-state index contributed by atoms with van der Waals surface area (Å²) in [5.74, 6) is 2.96. The van der Waals surface area contributed by atoms with Crippen LogP contribution in [-0.2, 0) is 6.42 Å². The highest BCUT2D eigenvalue weighted by Gasteiger charge is 2.26. The fourth-order valence-electron chi connectivity index (χ4n) is 3.02. The van der Waals surface area contributed by atoms with Crippen LogP contribution in [0.25, 0.3) is 0 Å². The topological polar surface area (TPSA) is 41.1 Å². The van der Waals surface area contributed by atoms with Crippen molar-refractivity contribution in [2.45, 2.75) is 53.0 Å². The first-order valence-electron chi connectivity index (χ1n) is 7.51. The lowest BCUT2D eigenvalue weighted by molar-refractivity contribution is 0.375. The molecule has 4 nitrogen and oxygen atoms in total. The van der Waals surface area contributed by atoms with Crippen LogP contribution in [0.15, 0.2) is 6.33 Å². The van der Waals surface area contributed by atoms with Crippen LogP contribution in [0.3, 0.4) is 0 Å². The zero-order valence-electron chi connectivity index (χ0n) is 12.6. The highest BCUT2D eigenvalue weighted by molar-refractivity contribution is 5.59. The maximum atomic E-state index is 4.57. The monoisotopic (exact) mass is 262 g/mol. The Morgan fingerprint density at radius 3 is 2.74 bits per heavy atom. The van der Waals surface area contributed by atoms with Crippen LogP contribution in [-0.4, -0.2) is 29.1 Å². The lowest BCUT2D eigenvalue weighted by Crippen LogP contribution is -2.41. The summed E-state index contributed by atoms with van der Waals surface area (Å²) in [6.45, 7) is 10.9. The number of nitrogens with zero attached hydrogens (tertiary/aromatic N) is 3. The average Bonchev–Trinajstić information content (AvgIpc) is 2.39. The van der Waals surface area contributed by atoms with E-state index < -0.39 is 0 Å². The number of nitrogens with one attached hydrogen (secondary N) is 1. The van der Waals surface area contributed by atoms with Crippen molar-refractivity contribution in [1.82, 2.24) is 9.97 Å². The molecule has 1 saturated heterocycles. The highest BCUT2D eigenvalue weighted by atomic mass is 15.2. The van der Waals surface area contributed by atoms with Gasteiger partial charge in [-0.2, -0.15) is 0 Å². The Bertz CT molecular complexity index is 419. The van der Waals surface area contributed by atoms with Crippen molar-refractivity contribution in [3.63, 3.8) is 0 Å². The molecule has 0 bridgehead atoms. The first-order chi connectivity index (χ1) is 9.17. The SMILES string of the molecule is CCNc1ncnc(N2CCC(C)CC2C)c1CC. The zero-order chi connectivity index (χ0) is 13.8. The van der Waals surface area contributed by atoms with E-state index in [4.69, 9.17) is 0 Å². The predicted octanol–water partition coefficient (Wildman–Crippen LogP) is 3.10. The van der Waals surface area contributed by atoms with Gasteiger partial charge in [-0.15, -0.1) is 0 Å². The minimum atomic E-state index is 0.568.